The van der Waals surface area contributed by atoms with Crippen molar-refractivity contribution in [2.24, 2.45) is 28.8 Å². The summed E-state index contributed by atoms with van der Waals surface area (Å²) in [5.74, 6) is -1.41. The topological polar surface area (TPSA) is 106 Å². The first-order chi connectivity index (χ1) is 13.4. The SMILES string of the molecule is COc1cc(C=NN2C(=O)[C@@H]3[C@H](C2=O)[C@H]2C=C[C@H]3C2)cc(Br)c1OCC(=O)O. The predicted octanol–water partition coefficient (Wildman–Crippen LogP) is 2.06. The van der Waals surface area contributed by atoms with Gasteiger partial charge in [-0.25, -0.2) is 4.79 Å². The second-order valence-corrected chi connectivity index (χ2v) is 7.80. The molecule has 1 heterocycles. The molecule has 1 saturated carbocycles. The van der Waals surface area contributed by atoms with E-state index in [0.717, 1.165) is 11.4 Å². The van der Waals surface area contributed by atoms with Gasteiger partial charge in [0, 0.05) is 0 Å². The van der Waals surface area contributed by atoms with Gasteiger partial charge in [0.25, 0.3) is 11.8 Å². The van der Waals surface area contributed by atoms with Gasteiger partial charge in [0.05, 0.1) is 29.6 Å². The van der Waals surface area contributed by atoms with Gasteiger partial charge in [0.1, 0.15) is 0 Å². The number of fused-ring (bicyclic) bond motifs is 5. The van der Waals surface area contributed by atoms with Crippen LogP contribution in [0.4, 0.5) is 0 Å². The number of hydrogen-bond acceptors (Lipinski definition) is 6. The largest absolute Gasteiger partial charge is 0.493 e. The molecule has 0 unspecified atom stereocenters. The van der Waals surface area contributed by atoms with E-state index in [9.17, 15) is 14.4 Å². The minimum Gasteiger partial charge on any atom is -0.493 e. The lowest BCUT2D eigenvalue weighted by atomic mass is 9.85. The normalized spacial score (nSPS) is 27.7. The number of carboxylic acids is 1. The number of carbonyl (C=O) groups is 3. The van der Waals surface area contributed by atoms with E-state index in [1.54, 1.807) is 12.1 Å². The van der Waals surface area contributed by atoms with E-state index in [1.165, 1.54) is 13.3 Å². The number of aliphatic carboxylic acids is 1. The molecule has 146 valence electrons. The van der Waals surface area contributed by atoms with E-state index in [-0.39, 0.29) is 41.2 Å². The Bertz CT molecular complexity index is 897. The number of hydrogen-bond donors (Lipinski definition) is 1. The molecule has 2 fully saturated rings. The average molecular weight is 449 g/mol. The number of imide groups is 1. The van der Waals surface area contributed by atoms with Crippen molar-refractivity contribution in [2.45, 2.75) is 6.42 Å². The monoisotopic (exact) mass is 448 g/mol. The van der Waals surface area contributed by atoms with Crippen molar-refractivity contribution in [2.75, 3.05) is 13.7 Å². The smallest absolute Gasteiger partial charge is 0.341 e. The van der Waals surface area contributed by atoms with E-state index >= 15 is 0 Å². The fourth-order valence-corrected chi connectivity index (χ4v) is 4.79. The molecule has 28 heavy (non-hydrogen) atoms. The van der Waals surface area contributed by atoms with E-state index < -0.39 is 12.6 Å². The van der Waals surface area contributed by atoms with E-state index in [1.807, 2.05) is 12.2 Å². The zero-order valence-electron chi connectivity index (χ0n) is 14.9. The number of nitrogens with zero attached hydrogens (tertiary/aromatic N) is 2. The third-order valence-corrected chi connectivity index (χ3v) is 5.95. The van der Waals surface area contributed by atoms with Crippen molar-refractivity contribution >= 4 is 39.9 Å². The van der Waals surface area contributed by atoms with E-state index in [2.05, 4.69) is 21.0 Å². The molecule has 1 saturated heterocycles. The first-order valence-corrected chi connectivity index (χ1v) is 9.52. The van der Waals surface area contributed by atoms with Crippen LogP contribution in [0.15, 0.2) is 33.9 Å². The van der Waals surface area contributed by atoms with Crippen LogP contribution in [0.3, 0.4) is 0 Å². The van der Waals surface area contributed by atoms with E-state index in [0.29, 0.717) is 15.8 Å². The number of ether oxygens (including phenoxy) is 2. The van der Waals surface area contributed by atoms with Gasteiger partial charge < -0.3 is 14.6 Å². The standard InChI is InChI=1S/C19H17BrN2O6/c1-27-13-5-9(4-12(20)17(13)28-8-14(23)24)7-21-22-18(25)15-10-2-3-11(6-10)16(15)19(22)26/h2-5,7,10-11,15-16H,6,8H2,1H3,(H,23,24)/t10-,11-,15-,16+/m0/s1. The van der Waals surface area contributed by atoms with Crippen LogP contribution in [0, 0.1) is 23.7 Å². The fourth-order valence-electron chi connectivity index (χ4n) is 4.21. The molecule has 1 aromatic carbocycles. The number of rotatable bonds is 6. The van der Waals surface area contributed by atoms with Crippen LogP contribution in [0.1, 0.15) is 12.0 Å². The number of allylic oxidation sites excluding steroid dienone is 2. The molecule has 2 aliphatic carbocycles. The minimum absolute atomic E-state index is 0.131. The van der Waals surface area contributed by atoms with Crippen molar-refractivity contribution in [3.8, 4) is 11.5 Å². The second-order valence-electron chi connectivity index (χ2n) is 6.95. The van der Waals surface area contributed by atoms with Gasteiger partial charge in [-0.2, -0.15) is 10.1 Å². The molecule has 2 bridgehead atoms. The summed E-state index contributed by atoms with van der Waals surface area (Å²) in [6, 6.07) is 3.23. The molecule has 4 rings (SSSR count). The average Bonchev–Trinajstić information content (AvgIpc) is 3.33. The van der Waals surface area contributed by atoms with Crippen LogP contribution in [0.2, 0.25) is 0 Å². The van der Waals surface area contributed by atoms with Crippen LogP contribution >= 0.6 is 15.9 Å². The molecule has 1 aromatic rings. The van der Waals surface area contributed by atoms with Gasteiger partial charge in [0.15, 0.2) is 18.1 Å². The quantitative estimate of drug-likeness (QED) is 0.405. The minimum atomic E-state index is -1.11. The second kappa shape index (κ2) is 7.05. The lowest BCUT2D eigenvalue weighted by Gasteiger charge is -2.13. The molecule has 4 atom stereocenters. The van der Waals surface area contributed by atoms with Gasteiger partial charge in [0.2, 0.25) is 0 Å². The molecule has 0 radical (unpaired) electrons. The van der Waals surface area contributed by atoms with Gasteiger partial charge in [-0.15, -0.1) is 0 Å². The van der Waals surface area contributed by atoms with Gasteiger partial charge in [-0.1, -0.05) is 12.2 Å². The summed E-state index contributed by atoms with van der Waals surface area (Å²) in [5, 5.41) is 13.9. The molecule has 3 aliphatic rings. The summed E-state index contributed by atoms with van der Waals surface area (Å²) >= 11 is 3.31. The Labute approximate surface area is 168 Å². The Balaban J connectivity index is 1.55. The Kier molecular flexibility index (Phi) is 4.70. The van der Waals surface area contributed by atoms with Crippen molar-refractivity contribution in [3.63, 3.8) is 0 Å². The van der Waals surface area contributed by atoms with Crippen LogP contribution < -0.4 is 9.47 Å². The molecule has 0 aromatic heterocycles. The van der Waals surface area contributed by atoms with Crippen LogP contribution in [0.25, 0.3) is 0 Å². The molecule has 8 nitrogen and oxygen atoms in total. The number of methoxy groups -OCH3 is 1. The molecular formula is C19H17BrN2O6. The fraction of sp³-hybridized carbons (Fsp3) is 0.368. The number of hydrazone groups is 1. The van der Waals surface area contributed by atoms with Crippen molar-refractivity contribution in [1.82, 2.24) is 5.01 Å². The maximum atomic E-state index is 12.6. The Morgan fingerprint density at radius 1 is 1.29 bits per heavy atom. The van der Waals surface area contributed by atoms with Crippen LogP contribution in [-0.2, 0) is 14.4 Å². The molecule has 0 spiro atoms. The lowest BCUT2D eigenvalue weighted by molar-refractivity contribution is -0.141. The predicted molar refractivity (Wildman–Crippen MR) is 101 cm³/mol. The highest BCUT2D eigenvalue weighted by Crippen LogP contribution is 2.52. The Morgan fingerprint density at radius 3 is 2.50 bits per heavy atom. The zero-order valence-corrected chi connectivity index (χ0v) is 16.5. The first kappa shape index (κ1) is 18.7. The van der Waals surface area contributed by atoms with Crippen molar-refractivity contribution < 1.29 is 29.0 Å². The number of carbonyl (C=O) groups excluding carboxylic acids is 2. The van der Waals surface area contributed by atoms with Crippen molar-refractivity contribution in [1.29, 1.82) is 0 Å². The summed E-state index contributed by atoms with van der Waals surface area (Å²) in [6.07, 6.45) is 6.33. The summed E-state index contributed by atoms with van der Waals surface area (Å²) in [7, 11) is 1.42. The molecular weight excluding hydrogens is 432 g/mol. The highest BCUT2D eigenvalue weighted by atomic mass is 79.9. The Morgan fingerprint density at radius 2 is 1.93 bits per heavy atom. The highest BCUT2D eigenvalue weighted by Gasteiger charge is 2.59. The maximum Gasteiger partial charge on any atom is 0.341 e. The summed E-state index contributed by atoms with van der Waals surface area (Å²) in [5.41, 5.74) is 0.560. The highest BCUT2D eigenvalue weighted by molar-refractivity contribution is 9.10. The Hall–Kier alpha value is -2.68. The van der Waals surface area contributed by atoms with Crippen LogP contribution in [0.5, 0.6) is 11.5 Å². The third-order valence-electron chi connectivity index (χ3n) is 5.36. The lowest BCUT2D eigenvalue weighted by Crippen LogP contribution is -2.28. The molecule has 1 aliphatic heterocycles. The molecule has 1 N–H and O–H groups in total. The molecule has 2 amide bonds. The van der Waals surface area contributed by atoms with E-state index in [4.69, 9.17) is 14.6 Å². The summed E-state index contributed by atoms with van der Waals surface area (Å²) < 4.78 is 10.9. The number of halogens is 1. The first-order valence-electron chi connectivity index (χ1n) is 8.73. The summed E-state index contributed by atoms with van der Waals surface area (Å²) in [6.45, 7) is -0.516. The number of carboxylic acid groups (broad SMARTS) is 1. The number of amides is 2. The van der Waals surface area contributed by atoms with Gasteiger partial charge in [-0.3, -0.25) is 9.59 Å². The number of benzene rings is 1. The maximum absolute atomic E-state index is 12.6. The zero-order chi connectivity index (χ0) is 20.0. The van der Waals surface area contributed by atoms with Gasteiger partial charge in [-0.05, 0) is 51.9 Å². The third kappa shape index (κ3) is 2.99. The van der Waals surface area contributed by atoms with Crippen LogP contribution in [-0.4, -0.2) is 47.8 Å². The summed E-state index contributed by atoms with van der Waals surface area (Å²) in [4.78, 5) is 36.0. The molecule has 9 heteroatoms. The van der Waals surface area contributed by atoms with Crippen molar-refractivity contribution in [3.05, 3.63) is 34.3 Å². The van der Waals surface area contributed by atoms with Gasteiger partial charge >= 0.3 is 5.97 Å².